The van der Waals surface area contributed by atoms with Crippen LogP contribution in [0, 0.1) is 10.1 Å². The van der Waals surface area contributed by atoms with Gasteiger partial charge in [0.25, 0.3) is 15.7 Å². The van der Waals surface area contributed by atoms with E-state index in [9.17, 15) is 18.5 Å². The number of likely N-dealkylation sites (tertiary alicyclic amines) is 1. The molecule has 2 rings (SSSR count). The summed E-state index contributed by atoms with van der Waals surface area (Å²) in [5.41, 5.74) is -0.377. The summed E-state index contributed by atoms with van der Waals surface area (Å²) in [6.07, 6.45) is 1.67. The van der Waals surface area contributed by atoms with E-state index in [1.165, 1.54) is 0 Å². The van der Waals surface area contributed by atoms with Gasteiger partial charge in [0.2, 0.25) is 0 Å². The molecular formula is C10H14ClN3O4S2. The molecule has 0 saturated carbocycles. The zero-order valence-corrected chi connectivity index (χ0v) is 13.1. The van der Waals surface area contributed by atoms with E-state index in [0.29, 0.717) is 17.9 Å². The molecule has 1 N–H and O–H groups in total. The third-order valence-electron chi connectivity index (χ3n) is 3.05. The van der Waals surface area contributed by atoms with E-state index in [-0.39, 0.29) is 20.3 Å². The fourth-order valence-corrected chi connectivity index (χ4v) is 5.08. The SMILES string of the molecule is CN1CCCC(NS(=O)(=O)c2cc([N+](=O)[O-])c(Cl)s2)C1. The maximum absolute atomic E-state index is 12.2. The molecule has 1 saturated heterocycles. The Morgan fingerprint density at radius 2 is 2.30 bits per heavy atom. The molecule has 1 aromatic heterocycles. The average Bonchev–Trinajstić information content (AvgIpc) is 2.71. The van der Waals surface area contributed by atoms with Gasteiger partial charge in [-0.15, -0.1) is 11.3 Å². The van der Waals surface area contributed by atoms with Crippen LogP contribution < -0.4 is 4.72 Å². The maximum Gasteiger partial charge on any atom is 0.300 e. The summed E-state index contributed by atoms with van der Waals surface area (Å²) in [5.74, 6) is 0. The normalized spacial score (nSPS) is 21.0. The highest BCUT2D eigenvalue weighted by Gasteiger charge is 2.28. The Kier molecular flexibility index (Phi) is 4.65. The predicted molar refractivity (Wildman–Crippen MR) is 76.8 cm³/mol. The number of halogens is 1. The molecule has 0 aliphatic carbocycles. The molecule has 1 fully saturated rings. The summed E-state index contributed by atoms with van der Waals surface area (Å²) in [6, 6.07) is 0.820. The summed E-state index contributed by atoms with van der Waals surface area (Å²) in [5, 5.41) is 10.7. The Balaban J connectivity index is 2.18. The van der Waals surface area contributed by atoms with Crippen LogP contribution in [-0.4, -0.2) is 44.4 Å². The summed E-state index contributed by atoms with van der Waals surface area (Å²) >= 11 is 6.39. The number of piperidine rings is 1. The lowest BCUT2D eigenvalue weighted by atomic mass is 10.1. The van der Waals surface area contributed by atoms with Crippen LogP contribution in [0.25, 0.3) is 0 Å². The number of thiophene rings is 1. The van der Waals surface area contributed by atoms with Gasteiger partial charge in [-0.3, -0.25) is 10.1 Å². The van der Waals surface area contributed by atoms with Gasteiger partial charge in [0, 0.05) is 18.7 Å². The number of hydrogen-bond acceptors (Lipinski definition) is 6. The highest BCUT2D eigenvalue weighted by atomic mass is 35.5. The van der Waals surface area contributed by atoms with Crippen molar-refractivity contribution in [1.82, 2.24) is 9.62 Å². The van der Waals surface area contributed by atoms with Crippen molar-refractivity contribution in [2.24, 2.45) is 0 Å². The van der Waals surface area contributed by atoms with E-state index >= 15 is 0 Å². The van der Waals surface area contributed by atoms with Gasteiger partial charge >= 0.3 is 0 Å². The Morgan fingerprint density at radius 1 is 1.60 bits per heavy atom. The van der Waals surface area contributed by atoms with Crippen molar-refractivity contribution < 1.29 is 13.3 Å². The minimum atomic E-state index is -3.77. The van der Waals surface area contributed by atoms with Crippen molar-refractivity contribution in [2.45, 2.75) is 23.1 Å². The third-order valence-corrected chi connectivity index (χ3v) is 6.39. The fourth-order valence-electron chi connectivity index (χ4n) is 2.14. The highest BCUT2D eigenvalue weighted by Crippen LogP contribution is 2.36. The molecular weight excluding hydrogens is 326 g/mol. The van der Waals surface area contributed by atoms with Crippen molar-refractivity contribution in [3.8, 4) is 0 Å². The molecule has 20 heavy (non-hydrogen) atoms. The van der Waals surface area contributed by atoms with Crippen molar-refractivity contribution in [3.63, 3.8) is 0 Å². The number of nitrogens with zero attached hydrogens (tertiary/aromatic N) is 2. The second kappa shape index (κ2) is 5.94. The van der Waals surface area contributed by atoms with E-state index in [1.807, 2.05) is 11.9 Å². The molecule has 1 aromatic rings. The summed E-state index contributed by atoms with van der Waals surface area (Å²) in [4.78, 5) is 12.1. The zero-order valence-electron chi connectivity index (χ0n) is 10.7. The number of hydrogen-bond donors (Lipinski definition) is 1. The monoisotopic (exact) mass is 339 g/mol. The molecule has 0 bridgehead atoms. The molecule has 0 spiro atoms. The number of rotatable bonds is 4. The molecule has 0 amide bonds. The van der Waals surface area contributed by atoms with Crippen LogP contribution in [-0.2, 0) is 10.0 Å². The minimum absolute atomic E-state index is 0.123. The largest absolute Gasteiger partial charge is 0.305 e. The molecule has 1 aliphatic heterocycles. The van der Waals surface area contributed by atoms with Gasteiger partial charge in [0.15, 0.2) is 4.34 Å². The Morgan fingerprint density at radius 3 is 2.85 bits per heavy atom. The van der Waals surface area contributed by atoms with Crippen LogP contribution in [0.5, 0.6) is 0 Å². The van der Waals surface area contributed by atoms with Crippen molar-refractivity contribution in [3.05, 3.63) is 20.5 Å². The maximum atomic E-state index is 12.2. The van der Waals surface area contributed by atoms with E-state index in [4.69, 9.17) is 11.6 Å². The highest BCUT2D eigenvalue weighted by molar-refractivity contribution is 7.91. The summed E-state index contributed by atoms with van der Waals surface area (Å²) in [7, 11) is -1.84. The lowest BCUT2D eigenvalue weighted by Crippen LogP contribution is -2.46. The minimum Gasteiger partial charge on any atom is -0.305 e. The van der Waals surface area contributed by atoms with Crippen molar-refractivity contribution in [2.75, 3.05) is 20.1 Å². The van der Waals surface area contributed by atoms with E-state index in [1.54, 1.807) is 0 Å². The van der Waals surface area contributed by atoms with Crippen LogP contribution in [0.2, 0.25) is 4.34 Å². The molecule has 112 valence electrons. The predicted octanol–water partition coefficient (Wildman–Crippen LogP) is 1.68. The molecule has 0 radical (unpaired) electrons. The third kappa shape index (κ3) is 3.47. The molecule has 1 atom stereocenters. The lowest BCUT2D eigenvalue weighted by Gasteiger charge is -2.29. The van der Waals surface area contributed by atoms with Crippen LogP contribution in [0.1, 0.15) is 12.8 Å². The van der Waals surface area contributed by atoms with Gasteiger partial charge in [-0.05, 0) is 26.4 Å². The standard InChI is InChI=1S/C10H14ClN3O4S2/c1-13-4-2-3-7(6-13)12-20(17,18)9-5-8(14(15)16)10(11)19-9/h5,7,12H,2-4,6H2,1H3. The molecule has 10 heteroatoms. The van der Waals surface area contributed by atoms with Crippen molar-refractivity contribution in [1.29, 1.82) is 0 Å². The average molecular weight is 340 g/mol. The van der Waals surface area contributed by atoms with Gasteiger partial charge in [-0.1, -0.05) is 11.6 Å². The van der Waals surface area contributed by atoms with Gasteiger partial charge < -0.3 is 4.90 Å². The fraction of sp³-hybridized carbons (Fsp3) is 0.600. The second-order valence-corrected chi connectivity index (χ2v) is 8.30. The Bertz CT molecular complexity index is 616. The van der Waals surface area contributed by atoms with Gasteiger partial charge in [0.05, 0.1) is 4.92 Å². The number of sulfonamides is 1. The van der Waals surface area contributed by atoms with Crippen molar-refractivity contribution >= 4 is 38.6 Å². The van der Waals surface area contributed by atoms with E-state index in [2.05, 4.69) is 4.72 Å². The topological polar surface area (TPSA) is 92.6 Å². The number of nitro groups is 1. The molecule has 0 aromatic carbocycles. The quantitative estimate of drug-likeness (QED) is 0.665. The molecule has 7 nitrogen and oxygen atoms in total. The first kappa shape index (κ1) is 15.6. The van der Waals surface area contributed by atoms with Gasteiger partial charge in [0.1, 0.15) is 4.21 Å². The summed E-state index contributed by atoms with van der Waals surface area (Å²) in [6.45, 7) is 1.56. The molecule has 2 heterocycles. The first-order valence-corrected chi connectivity index (χ1v) is 8.62. The Hall–Kier alpha value is -0.740. The van der Waals surface area contributed by atoms with Gasteiger partial charge in [-0.2, -0.15) is 0 Å². The lowest BCUT2D eigenvalue weighted by molar-refractivity contribution is -0.384. The molecule has 1 unspecified atom stereocenters. The number of likely N-dealkylation sites (N-methyl/N-ethyl adjacent to an activating group) is 1. The van der Waals surface area contributed by atoms with E-state index in [0.717, 1.165) is 25.5 Å². The van der Waals surface area contributed by atoms with Crippen LogP contribution in [0.15, 0.2) is 10.3 Å². The number of nitrogens with one attached hydrogen (secondary N) is 1. The smallest absolute Gasteiger partial charge is 0.300 e. The first-order chi connectivity index (χ1) is 9.29. The zero-order chi connectivity index (χ0) is 14.9. The second-order valence-electron chi connectivity index (χ2n) is 4.70. The summed E-state index contributed by atoms with van der Waals surface area (Å²) < 4.78 is 26.7. The molecule has 1 aliphatic rings. The van der Waals surface area contributed by atoms with Crippen LogP contribution in [0.4, 0.5) is 5.69 Å². The first-order valence-electron chi connectivity index (χ1n) is 5.94. The van der Waals surface area contributed by atoms with E-state index < -0.39 is 14.9 Å². The Labute approximate surface area is 125 Å². The van der Waals surface area contributed by atoms with Crippen LogP contribution in [0.3, 0.4) is 0 Å². The van der Waals surface area contributed by atoms with Crippen LogP contribution >= 0.6 is 22.9 Å². The van der Waals surface area contributed by atoms with Gasteiger partial charge in [-0.25, -0.2) is 13.1 Å².